The van der Waals surface area contributed by atoms with E-state index in [4.69, 9.17) is 5.73 Å². The highest BCUT2D eigenvalue weighted by Gasteiger charge is 2.35. The summed E-state index contributed by atoms with van der Waals surface area (Å²) >= 11 is 0. The number of carbonyl (C=O) groups excluding carboxylic acids is 3. The lowest BCUT2D eigenvalue weighted by molar-refractivity contribution is -0.136. The zero-order valence-electron chi connectivity index (χ0n) is 10.8. The molecule has 1 saturated heterocycles. The van der Waals surface area contributed by atoms with Crippen LogP contribution in [0, 0.1) is 0 Å². The number of imide groups is 1. The number of likely N-dealkylation sites (tertiary alicyclic amines) is 1. The van der Waals surface area contributed by atoms with Gasteiger partial charge in [0.05, 0.1) is 6.42 Å². The van der Waals surface area contributed by atoms with Gasteiger partial charge >= 0.3 is 0 Å². The molecule has 1 fully saturated rings. The highest BCUT2D eigenvalue weighted by atomic mass is 16.2. The maximum Gasteiger partial charge on any atom is 0.251 e. The normalized spacial score (nSPS) is 18.8. The first-order valence-electron chi connectivity index (χ1n) is 5.87. The fourth-order valence-corrected chi connectivity index (χ4v) is 2.04. The highest BCUT2D eigenvalue weighted by molar-refractivity contribution is 6.06. The van der Waals surface area contributed by atoms with Crippen LogP contribution in [0.4, 0.5) is 11.4 Å². The third kappa shape index (κ3) is 2.42. The predicted molar refractivity (Wildman–Crippen MR) is 70.7 cm³/mol. The molecule has 6 nitrogen and oxygen atoms in total. The lowest BCUT2D eigenvalue weighted by Crippen LogP contribution is -2.31. The molecule has 0 aliphatic carbocycles. The van der Waals surface area contributed by atoms with E-state index in [9.17, 15) is 14.4 Å². The summed E-state index contributed by atoms with van der Waals surface area (Å²) in [4.78, 5) is 35.5. The molecular formula is C13H15N3O3. The van der Waals surface area contributed by atoms with Gasteiger partial charge in [0.25, 0.3) is 5.91 Å². The fourth-order valence-electron chi connectivity index (χ4n) is 2.04. The number of amides is 2. The van der Waals surface area contributed by atoms with E-state index in [0.717, 1.165) is 4.90 Å². The number of nitrogens with two attached hydrogens (primary N) is 1. The number of rotatable bonds is 3. The van der Waals surface area contributed by atoms with Crippen LogP contribution < -0.4 is 11.1 Å². The number of ketones is 1. The van der Waals surface area contributed by atoms with Gasteiger partial charge in [0, 0.05) is 24.0 Å². The molecule has 3 N–H and O–H groups in total. The second-order valence-electron chi connectivity index (χ2n) is 4.55. The molecule has 0 aromatic heterocycles. The van der Waals surface area contributed by atoms with E-state index in [1.54, 1.807) is 18.2 Å². The van der Waals surface area contributed by atoms with Gasteiger partial charge in [-0.1, -0.05) is 0 Å². The number of hydrogen-bond donors (Lipinski definition) is 2. The molecular weight excluding hydrogens is 246 g/mol. The fraction of sp³-hybridized carbons (Fsp3) is 0.308. The van der Waals surface area contributed by atoms with Crippen LogP contribution >= 0.6 is 0 Å². The number of likely N-dealkylation sites (N-methyl/N-ethyl adjacent to an activating group) is 1. The third-order valence-corrected chi connectivity index (χ3v) is 3.15. The summed E-state index contributed by atoms with van der Waals surface area (Å²) in [6.07, 6.45) is 0.129. The molecule has 0 bridgehead atoms. The molecule has 1 aromatic carbocycles. The largest absolute Gasteiger partial charge is 0.398 e. The summed E-state index contributed by atoms with van der Waals surface area (Å²) < 4.78 is 0. The summed E-state index contributed by atoms with van der Waals surface area (Å²) in [6, 6.07) is 4.29. The van der Waals surface area contributed by atoms with E-state index in [-0.39, 0.29) is 24.0 Å². The van der Waals surface area contributed by atoms with E-state index in [0.29, 0.717) is 16.9 Å². The zero-order chi connectivity index (χ0) is 14.2. The first-order valence-corrected chi connectivity index (χ1v) is 5.87. The predicted octanol–water partition coefficient (Wildman–Crippen LogP) is 0.641. The van der Waals surface area contributed by atoms with Gasteiger partial charge in [0.2, 0.25) is 5.91 Å². The minimum absolute atomic E-state index is 0.115. The Morgan fingerprint density at radius 2 is 2.11 bits per heavy atom. The van der Waals surface area contributed by atoms with E-state index >= 15 is 0 Å². The number of anilines is 2. The van der Waals surface area contributed by atoms with Gasteiger partial charge in [-0.25, -0.2) is 0 Å². The molecule has 1 aliphatic rings. The molecule has 19 heavy (non-hydrogen) atoms. The molecule has 2 rings (SSSR count). The molecule has 1 atom stereocenters. The van der Waals surface area contributed by atoms with E-state index in [2.05, 4.69) is 5.32 Å². The maximum atomic E-state index is 11.7. The lowest BCUT2D eigenvalue weighted by Gasteiger charge is -2.13. The smallest absolute Gasteiger partial charge is 0.251 e. The zero-order valence-corrected chi connectivity index (χ0v) is 10.8. The Morgan fingerprint density at radius 1 is 1.42 bits per heavy atom. The van der Waals surface area contributed by atoms with Gasteiger partial charge < -0.3 is 11.1 Å². The van der Waals surface area contributed by atoms with Crippen LogP contribution in [0.15, 0.2) is 18.2 Å². The Hall–Kier alpha value is -2.37. The van der Waals surface area contributed by atoms with Gasteiger partial charge in [0.15, 0.2) is 5.78 Å². The molecule has 2 amide bonds. The lowest BCUT2D eigenvalue weighted by atomic mass is 10.1. The van der Waals surface area contributed by atoms with Crippen molar-refractivity contribution in [3.05, 3.63) is 23.8 Å². The van der Waals surface area contributed by atoms with Crippen LogP contribution in [0.3, 0.4) is 0 Å². The summed E-state index contributed by atoms with van der Waals surface area (Å²) in [5.41, 5.74) is 7.17. The Bertz CT molecular complexity index is 568. The van der Waals surface area contributed by atoms with Crippen molar-refractivity contribution in [3.8, 4) is 0 Å². The monoisotopic (exact) mass is 261 g/mol. The molecule has 1 heterocycles. The molecule has 0 radical (unpaired) electrons. The molecule has 1 aromatic rings. The van der Waals surface area contributed by atoms with Crippen molar-refractivity contribution in [2.75, 3.05) is 18.1 Å². The van der Waals surface area contributed by atoms with Crippen LogP contribution in [-0.2, 0) is 9.59 Å². The first-order chi connectivity index (χ1) is 8.90. The average molecular weight is 261 g/mol. The summed E-state index contributed by atoms with van der Waals surface area (Å²) in [5.74, 6) is -0.592. The van der Waals surface area contributed by atoms with Crippen LogP contribution in [0.5, 0.6) is 0 Å². The number of nitrogens with one attached hydrogen (secondary N) is 1. The standard InChI is InChI=1S/C13H15N3O3/c1-7(17)9-4-3-8(5-10(9)14)15-11-6-12(18)16(2)13(11)19/h3-5,11,15H,6,14H2,1-2H3. The Labute approximate surface area is 110 Å². The summed E-state index contributed by atoms with van der Waals surface area (Å²) in [7, 11) is 1.46. The molecule has 100 valence electrons. The minimum Gasteiger partial charge on any atom is -0.398 e. The Balaban J connectivity index is 2.17. The number of carbonyl (C=O) groups is 3. The quantitative estimate of drug-likeness (QED) is 0.473. The number of hydrogen-bond acceptors (Lipinski definition) is 5. The van der Waals surface area contributed by atoms with Crippen molar-refractivity contribution in [1.29, 1.82) is 0 Å². The Kier molecular flexibility index (Phi) is 3.25. The highest BCUT2D eigenvalue weighted by Crippen LogP contribution is 2.22. The van der Waals surface area contributed by atoms with Gasteiger partial charge in [-0.3, -0.25) is 19.3 Å². The first kappa shape index (κ1) is 13.1. The second-order valence-corrected chi connectivity index (χ2v) is 4.55. The molecule has 0 spiro atoms. The Morgan fingerprint density at radius 3 is 2.58 bits per heavy atom. The minimum atomic E-state index is -0.569. The van der Waals surface area contributed by atoms with Crippen molar-refractivity contribution in [1.82, 2.24) is 4.90 Å². The van der Waals surface area contributed by atoms with Crippen molar-refractivity contribution in [3.63, 3.8) is 0 Å². The molecule has 6 heteroatoms. The second kappa shape index (κ2) is 4.72. The van der Waals surface area contributed by atoms with Crippen LogP contribution in [0.2, 0.25) is 0 Å². The molecule has 0 saturated carbocycles. The van der Waals surface area contributed by atoms with Gasteiger partial charge in [-0.15, -0.1) is 0 Å². The number of benzene rings is 1. The van der Waals surface area contributed by atoms with Crippen molar-refractivity contribution in [2.24, 2.45) is 0 Å². The van der Waals surface area contributed by atoms with E-state index < -0.39 is 6.04 Å². The number of Topliss-reactive ketones (excluding diaryl/α,β-unsaturated/α-hetero) is 1. The number of nitrogen functional groups attached to an aromatic ring is 1. The summed E-state index contributed by atoms with van der Waals surface area (Å²) in [6.45, 7) is 1.44. The summed E-state index contributed by atoms with van der Waals surface area (Å²) in [5, 5.41) is 2.96. The molecule has 1 aliphatic heterocycles. The van der Waals surface area contributed by atoms with Crippen molar-refractivity contribution >= 4 is 29.0 Å². The molecule has 1 unspecified atom stereocenters. The van der Waals surface area contributed by atoms with Gasteiger partial charge in [-0.2, -0.15) is 0 Å². The average Bonchev–Trinajstić information content (AvgIpc) is 2.57. The van der Waals surface area contributed by atoms with Gasteiger partial charge in [-0.05, 0) is 25.1 Å². The third-order valence-electron chi connectivity index (χ3n) is 3.15. The van der Waals surface area contributed by atoms with Crippen molar-refractivity contribution < 1.29 is 14.4 Å². The van der Waals surface area contributed by atoms with Crippen LogP contribution in [0.25, 0.3) is 0 Å². The number of nitrogens with zero attached hydrogens (tertiary/aromatic N) is 1. The maximum absolute atomic E-state index is 11.7. The van der Waals surface area contributed by atoms with Crippen LogP contribution in [0.1, 0.15) is 23.7 Å². The van der Waals surface area contributed by atoms with E-state index in [1.807, 2.05) is 0 Å². The van der Waals surface area contributed by atoms with Crippen molar-refractivity contribution in [2.45, 2.75) is 19.4 Å². The van der Waals surface area contributed by atoms with Crippen LogP contribution in [-0.4, -0.2) is 35.6 Å². The SMILES string of the molecule is CC(=O)c1ccc(NC2CC(=O)N(C)C2=O)cc1N. The van der Waals surface area contributed by atoms with Gasteiger partial charge in [0.1, 0.15) is 6.04 Å². The topological polar surface area (TPSA) is 92.5 Å². The van der Waals surface area contributed by atoms with E-state index in [1.165, 1.54) is 14.0 Å².